The van der Waals surface area contributed by atoms with Gasteiger partial charge >= 0.3 is 0 Å². The molecule has 2 unspecified atom stereocenters. The lowest BCUT2D eigenvalue weighted by Crippen LogP contribution is -2.40. The monoisotopic (exact) mass is 415 g/mol. The van der Waals surface area contributed by atoms with E-state index in [-0.39, 0.29) is 23.9 Å². The predicted octanol–water partition coefficient (Wildman–Crippen LogP) is 4.44. The Labute approximate surface area is 178 Å². The minimum Gasteiger partial charge on any atom is -0.438 e. The van der Waals surface area contributed by atoms with Gasteiger partial charge in [0.2, 0.25) is 18.2 Å². The fraction of sp³-hybridized carbons (Fsp3) is 0.609. The van der Waals surface area contributed by atoms with Crippen LogP contribution in [0.4, 0.5) is 0 Å². The molecule has 1 aliphatic rings. The minimum atomic E-state index is -0.433. The summed E-state index contributed by atoms with van der Waals surface area (Å²) in [5.74, 6) is 0.0782. The second-order valence-corrected chi connectivity index (χ2v) is 9.24. The van der Waals surface area contributed by atoms with Crippen molar-refractivity contribution in [1.29, 1.82) is 0 Å². The van der Waals surface area contributed by atoms with E-state index in [9.17, 15) is 14.8 Å². The first-order chi connectivity index (χ1) is 14.2. The summed E-state index contributed by atoms with van der Waals surface area (Å²) >= 11 is 0. The second kappa shape index (κ2) is 9.16. The molecule has 0 spiro atoms. The van der Waals surface area contributed by atoms with Gasteiger partial charge in [0.15, 0.2) is 5.58 Å². The molecule has 164 valence electrons. The summed E-state index contributed by atoms with van der Waals surface area (Å²) in [6, 6.07) is 5.85. The summed E-state index contributed by atoms with van der Waals surface area (Å²) in [7, 11) is 0. The molecule has 30 heavy (non-hydrogen) atoms. The predicted molar refractivity (Wildman–Crippen MR) is 114 cm³/mol. The van der Waals surface area contributed by atoms with Crippen LogP contribution >= 0.6 is 0 Å². The number of hydroxylamine groups is 2. The van der Waals surface area contributed by atoms with E-state index in [1.165, 1.54) is 5.56 Å². The number of hydrogen-bond donors (Lipinski definition) is 1. The van der Waals surface area contributed by atoms with E-state index in [4.69, 9.17) is 9.40 Å². The summed E-state index contributed by atoms with van der Waals surface area (Å²) < 4.78 is 6.04. The van der Waals surface area contributed by atoms with Gasteiger partial charge in [-0.05, 0) is 42.4 Å². The first-order valence-electron chi connectivity index (χ1n) is 10.9. The van der Waals surface area contributed by atoms with Crippen LogP contribution in [0.5, 0.6) is 0 Å². The number of rotatable bonds is 8. The van der Waals surface area contributed by atoms with Gasteiger partial charge < -0.3 is 9.32 Å². The lowest BCUT2D eigenvalue weighted by atomic mass is 9.87. The van der Waals surface area contributed by atoms with E-state index in [0.717, 1.165) is 36.8 Å². The van der Waals surface area contributed by atoms with Crippen LogP contribution in [0.25, 0.3) is 11.1 Å². The van der Waals surface area contributed by atoms with Crippen LogP contribution in [-0.2, 0) is 15.0 Å². The molecule has 2 aromatic rings. The van der Waals surface area contributed by atoms with Gasteiger partial charge in [-0.2, -0.15) is 0 Å². The summed E-state index contributed by atoms with van der Waals surface area (Å²) in [5.41, 5.74) is 2.74. The van der Waals surface area contributed by atoms with Crippen LogP contribution in [0, 0.1) is 5.92 Å². The fourth-order valence-electron chi connectivity index (χ4n) is 4.09. The number of carbonyl (C=O) groups is 2. The van der Waals surface area contributed by atoms with E-state index in [1.54, 1.807) is 0 Å². The van der Waals surface area contributed by atoms with E-state index >= 15 is 0 Å². The maximum Gasteiger partial charge on any atom is 0.233 e. The number of amides is 2. The first kappa shape index (κ1) is 22.3. The zero-order chi connectivity index (χ0) is 21.9. The Morgan fingerprint density at radius 1 is 1.43 bits per heavy atom. The van der Waals surface area contributed by atoms with E-state index < -0.39 is 5.92 Å². The maximum atomic E-state index is 13.3. The molecule has 1 aromatic carbocycles. The van der Waals surface area contributed by atoms with Crippen LogP contribution in [0.3, 0.4) is 0 Å². The molecule has 2 atom stereocenters. The Bertz CT molecular complexity index is 886. The number of unbranched alkanes of at least 4 members (excludes halogenated alkanes) is 1. The molecule has 1 aliphatic heterocycles. The molecular formula is C23H33N3O4. The Balaban J connectivity index is 1.84. The van der Waals surface area contributed by atoms with E-state index in [1.807, 2.05) is 11.0 Å². The Hall–Kier alpha value is -2.41. The highest BCUT2D eigenvalue weighted by Crippen LogP contribution is 2.35. The van der Waals surface area contributed by atoms with Crippen molar-refractivity contribution in [1.82, 2.24) is 14.9 Å². The SMILES string of the molecule is CCCCC(CN(O)C=O)C(=O)N1CCCC1c1nc2cc(C(C)(C)C)ccc2o1. The first-order valence-corrected chi connectivity index (χ1v) is 10.9. The molecule has 1 aromatic heterocycles. The molecule has 3 rings (SSSR count). The molecule has 1 saturated heterocycles. The Morgan fingerprint density at radius 3 is 2.87 bits per heavy atom. The van der Waals surface area contributed by atoms with Crippen molar-refractivity contribution in [2.75, 3.05) is 13.1 Å². The number of carbonyl (C=O) groups excluding carboxylic acids is 2. The van der Waals surface area contributed by atoms with Crippen molar-refractivity contribution in [3.63, 3.8) is 0 Å². The summed E-state index contributed by atoms with van der Waals surface area (Å²) in [6.07, 6.45) is 4.45. The summed E-state index contributed by atoms with van der Waals surface area (Å²) in [4.78, 5) is 30.7. The van der Waals surface area contributed by atoms with Gasteiger partial charge in [-0.25, -0.2) is 10.0 Å². The number of likely N-dealkylation sites (tertiary alicyclic amines) is 1. The van der Waals surface area contributed by atoms with Crippen molar-refractivity contribution >= 4 is 23.4 Å². The van der Waals surface area contributed by atoms with E-state index in [2.05, 4.69) is 39.8 Å². The summed E-state index contributed by atoms with van der Waals surface area (Å²) in [6.45, 7) is 9.17. The smallest absolute Gasteiger partial charge is 0.233 e. The third-order valence-electron chi connectivity index (χ3n) is 5.88. The zero-order valence-electron chi connectivity index (χ0n) is 18.4. The molecule has 7 heteroatoms. The average Bonchev–Trinajstić information content (AvgIpc) is 3.35. The van der Waals surface area contributed by atoms with Gasteiger partial charge in [0.1, 0.15) is 11.6 Å². The van der Waals surface area contributed by atoms with E-state index in [0.29, 0.717) is 30.3 Å². The summed E-state index contributed by atoms with van der Waals surface area (Å²) in [5, 5.41) is 10.2. The number of fused-ring (bicyclic) bond motifs is 1. The number of aromatic nitrogens is 1. The lowest BCUT2D eigenvalue weighted by Gasteiger charge is -2.28. The highest BCUT2D eigenvalue weighted by molar-refractivity contribution is 5.80. The standard InChI is InChI=1S/C23H33N3O4/c1-5-6-8-16(14-25(29)15-27)22(28)26-12-7-9-19(26)21-24-18-13-17(23(2,3)4)10-11-20(18)30-21/h10-11,13,15-16,19,29H,5-9,12,14H2,1-4H3. The van der Waals surface area contributed by atoms with Gasteiger partial charge in [-0.1, -0.05) is 46.6 Å². The van der Waals surface area contributed by atoms with Gasteiger partial charge in [-0.15, -0.1) is 0 Å². The molecule has 7 nitrogen and oxygen atoms in total. The normalized spacial score (nSPS) is 18.0. The highest BCUT2D eigenvalue weighted by Gasteiger charge is 2.37. The van der Waals surface area contributed by atoms with Crippen LogP contribution in [0.1, 0.15) is 77.3 Å². The molecule has 0 aliphatic carbocycles. The molecule has 1 fully saturated rings. The fourth-order valence-corrected chi connectivity index (χ4v) is 4.09. The largest absolute Gasteiger partial charge is 0.438 e. The topological polar surface area (TPSA) is 86.9 Å². The minimum absolute atomic E-state index is 0.00799. The quantitative estimate of drug-likeness (QED) is 0.391. The molecule has 1 N–H and O–H groups in total. The van der Waals surface area contributed by atoms with Gasteiger partial charge in [-0.3, -0.25) is 14.8 Å². The van der Waals surface area contributed by atoms with Crippen molar-refractivity contribution < 1.29 is 19.2 Å². The third kappa shape index (κ3) is 4.83. The molecule has 2 amide bonds. The zero-order valence-corrected chi connectivity index (χ0v) is 18.4. The number of oxazole rings is 1. The highest BCUT2D eigenvalue weighted by atomic mass is 16.5. The third-order valence-corrected chi connectivity index (χ3v) is 5.88. The molecule has 0 radical (unpaired) electrons. The molecule has 2 heterocycles. The number of hydrogen-bond acceptors (Lipinski definition) is 5. The number of benzene rings is 1. The van der Waals surface area contributed by atoms with Crippen molar-refractivity contribution in [3.8, 4) is 0 Å². The lowest BCUT2D eigenvalue weighted by molar-refractivity contribution is -0.157. The van der Waals surface area contributed by atoms with Gasteiger partial charge in [0.25, 0.3) is 0 Å². The van der Waals surface area contributed by atoms with Crippen LogP contribution in [0.15, 0.2) is 22.6 Å². The average molecular weight is 416 g/mol. The Kier molecular flexibility index (Phi) is 6.81. The maximum absolute atomic E-state index is 13.3. The van der Waals surface area contributed by atoms with Crippen molar-refractivity contribution in [3.05, 3.63) is 29.7 Å². The second-order valence-electron chi connectivity index (χ2n) is 9.24. The van der Waals surface area contributed by atoms with Crippen LogP contribution in [0.2, 0.25) is 0 Å². The van der Waals surface area contributed by atoms with Gasteiger partial charge in [0.05, 0.1) is 12.5 Å². The van der Waals surface area contributed by atoms with Gasteiger partial charge in [0, 0.05) is 6.54 Å². The molecular weight excluding hydrogens is 382 g/mol. The Morgan fingerprint density at radius 2 is 2.20 bits per heavy atom. The number of nitrogens with zero attached hydrogens (tertiary/aromatic N) is 3. The van der Waals surface area contributed by atoms with Crippen molar-refractivity contribution in [2.45, 2.75) is 71.3 Å². The van der Waals surface area contributed by atoms with Crippen LogP contribution < -0.4 is 0 Å². The van der Waals surface area contributed by atoms with Crippen LogP contribution in [-0.4, -0.2) is 45.6 Å². The molecule has 0 saturated carbocycles. The molecule has 0 bridgehead atoms. The van der Waals surface area contributed by atoms with Crippen molar-refractivity contribution in [2.24, 2.45) is 5.92 Å².